The lowest BCUT2D eigenvalue weighted by atomic mass is 10.2. The summed E-state index contributed by atoms with van der Waals surface area (Å²) in [6, 6.07) is 11.6. The van der Waals surface area contributed by atoms with Crippen molar-refractivity contribution in [3.8, 4) is 0 Å². The number of nitrogen functional groups attached to an aromatic ring is 1. The van der Waals surface area contributed by atoms with Crippen LogP contribution in [0.4, 0.5) is 15.8 Å². The number of amides is 1. The van der Waals surface area contributed by atoms with Crippen LogP contribution in [0, 0.1) is 5.82 Å². The fourth-order valence-corrected chi connectivity index (χ4v) is 2.85. The minimum atomic E-state index is -0.427. The van der Waals surface area contributed by atoms with E-state index in [0.29, 0.717) is 5.69 Å². The number of hydrogen-bond donors (Lipinski definition) is 2. The van der Waals surface area contributed by atoms with Crippen molar-refractivity contribution in [1.82, 2.24) is 0 Å². The smallest absolute Gasteiger partial charge is 0.234 e. The van der Waals surface area contributed by atoms with Crippen molar-refractivity contribution in [2.24, 2.45) is 0 Å². The first-order valence-electron chi connectivity index (χ1n) is 5.78. The van der Waals surface area contributed by atoms with Gasteiger partial charge in [0.15, 0.2) is 0 Å². The summed E-state index contributed by atoms with van der Waals surface area (Å²) in [7, 11) is 0. The number of carbonyl (C=O) groups excluding carboxylic acids is 1. The molecule has 0 aliphatic rings. The predicted octanol–water partition coefficient (Wildman–Crippen LogP) is 3.90. The molecule has 0 aromatic heterocycles. The van der Waals surface area contributed by atoms with Gasteiger partial charge in [0.25, 0.3) is 0 Å². The van der Waals surface area contributed by atoms with Crippen LogP contribution in [0.15, 0.2) is 51.8 Å². The Hall–Kier alpha value is -1.53. The van der Waals surface area contributed by atoms with E-state index in [4.69, 9.17) is 5.73 Å². The molecule has 0 unspecified atom stereocenters. The molecule has 0 spiro atoms. The normalized spacial score (nSPS) is 10.3. The van der Waals surface area contributed by atoms with E-state index < -0.39 is 5.82 Å². The third-order valence-electron chi connectivity index (χ3n) is 2.45. The molecule has 0 bridgehead atoms. The molecule has 2 aromatic carbocycles. The zero-order valence-corrected chi connectivity index (χ0v) is 12.8. The van der Waals surface area contributed by atoms with Crippen molar-refractivity contribution in [1.29, 1.82) is 0 Å². The van der Waals surface area contributed by atoms with Gasteiger partial charge in [-0.2, -0.15) is 0 Å². The van der Waals surface area contributed by atoms with Gasteiger partial charge >= 0.3 is 0 Å². The van der Waals surface area contributed by atoms with Gasteiger partial charge in [0.2, 0.25) is 5.91 Å². The fraction of sp³-hybridized carbons (Fsp3) is 0.0714. The van der Waals surface area contributed by atoms with Gasteiger partial charge in [-0.25, -0.2) is 4.39 Å². The first-order valence-corrected chi connectivity index (χ1v) is 7.56. The van der Waals surface area contributed by atoms with Crippen molar-refractivity contribution < 1.29 is 9.18 Å². The van der Waals surface area contributed by atoms with Crippen molar-refractivity contribution >= 4 is 45.0 Å². The standard InChI is InChI=1S/C14H12BrFN2OS/c15-9-2-1-3-11(6-9)20-8-14(19)18-13-5-4-10(16)7-12(13)17/h1-7H,8,17H2,(H,18,19). The molecule has 0 atom stereocenters. The fourth-order valence-electron chi connectivity index (χ4n) is 1.54. The average molecular weight is 355 g/mol. The summed E-state index contributed by atoms with van der Waals surface area (Å²) in [5.41, 5.74) is 6.27. The topological polar surface area (TPSA) is 55.1 Å². The summed E-state index contributed by atoms with van der Waals surface area (Å²) in [5.74, 6) is -0.356. The van der Waals surface area contributed by atoms with Crippen LogP contribution in [0.2, 0.25) is 0 Å². The molecule has 0 saturated heterocycles. The van der Waals surface area contributed by atoms with Crippen LogP contribution in [0.5, 0.6) is 0 Å². The third kappa shape index (κ3) is 4.25. The number of halogens is 2. The molecule has 1 amide bonds. The lowest BCUT2D eigenvalue weighted by Gasteiger charge is -2.08. The maximum atomic E-state index is 12.9. The zero-order chi connectivity index (χ0) is 14.5. The van der Waals surface area contributed by atoms with E-state index in [1.807, 2.05) is 24.3 Å². The summed E-state index contributed by atoms with van der Waals surface area (Å²) < 4.78 is 13.9. The Bertz CT molecular complexity index is 636. The molecule has 0 fully saturated rings. The Labute approximate surface area is 128 Å². The number of benzene rings is 2. The molecule has 0 aliphatic carbocycles. The Morgan fingerprint density at radius 1 is 1.30 bits per heavy atom. The van der Waals surface area contributed by atoms with Gasteiger partial charge in [0.05, 0.1) is 17.1 Å². The third-order valence-corrected chi connectivity index (χ3v) is 3.94. The van der Waals surface area contributed by atoms with Crippen LogP contribution in [0.25, 0.3) is 0 Å². The second kappa shape index (κ2) is 6.76. The predicted molar refractivity (Wildman–Crippen MR) is 84.3 cm³/mol. The maximum Gasteiger partial charge on any atom is 0.234 e. The van der Waals surface area contributed by atoms with Gasteiger partial charge in [-0.3, -0.25) is 4.79 Å². The van der Waals surface area contributed by atoms with Gasteiger partial charge in [0, 0.05) is 9.37 Å². The summed E-state index contributed by atoms with van der Waals surface area (Å²) in [6.07, 6.45) is 0. The highest BCUT2D eigenvalue weighted by molar-refractivity contribution is 9.10. The first-order chi connectivity index (χ1) is 9.54. The second-order valence-electron chi connectivity index (χ2n) is 4.03. The van der Waals surface area contributed by atoms with Crippen LogP contribution in [0.3, 0.4) is 0 Å². The van der Waals surface area contributed by atoms with Crippen LogP contribution in [0.1, 0.15) is 0 Å². The molecule has 3 nitrogen and oxygen atoms in total. The first kappa shape index (κ1) is 14.9. The number of anilines is 2. The minimum Gasteiger partial charge on any atom is -0.397 e. The highest BCUT2D eigenvalue weighted by Crippen LogP contribution is 2.23. The number of carbonyl (C=O) groups is 1. The van der Waals surface area contributed by atoms with Gasteiger partial charge in [-0.1, -0.05) is 22.0 Å². The number of thioether (sulfide) groups is 1. The monoisotopic (exact) mass is 354 g/mol. The Balaban J connectivity index is 1.92. The van der Waals surface area contributed by atoms with E-state index in [9.17, 15) is 9.18 Å². The largest absolute Gasteiger partial charge is 0.397 e. The van der Waals surface area contributed by atoms with Gasteiger partial charge in [-0.15, -0.1) is 11.8 Å². The molecule has 2 rings (SSSR count). The Morgan fingerprint density at radius 3 is 2.80 bits per heavy atom. The summed E-state index contributed by atoms with van der Waals surface area (Å²) in [6.45, 7) is 0. The Morgan fingerprint density at radius 2 is 2.10 bits per heavy atom. The van der Waals surface area contributed by atoms with Crippen LogP contribution < -0.4 is 11.1 Å². The van der Waals surface area contributed by atoms with Crippen LogP contribution >= 0.6 is 27.7 Å². The van der Waals surface area contributed by atoms with E-state index in [1.165, 1.54) is 30.0 Å². The van der Waals surface area contributed by atoms with Crippen molar-refractivity contribution in [2.75, 3.05) is 16.8 Å². The number of nitrogens with one attached hydrogen (secondary N) is 1. The second-order valence-corrected chi connectivity index (χ2v) is 5.99. The summed E-state index contributed by atoms with van der Waals surface area (Å²) >= 11 is 4.79. The van der Waals surface area contributed by atoms with E-state index in [0.717, 1.165) is 9.37 Å². The van der Waals surface area contributed by atoms with Gasteiger partial charge in [-0.05, 0) is 36.4 Å². The average Bonchev–Trinajstić information content (AvgIpc) is 2.40. The molecular weight excluding hydrogens is 343 g/mol. The molecule has 0 saturated carbocycles. The van der Waals surface area contributed by atoms with E-state index in [1.54, 1.807) is 0 Å². The highest BCUT2D eigenvalue weighted by Gasteiger charge is 2.07. The molecule has 0 radical (unpaired) electrons. The number of hydrogen-bond acceptors (Lipinski definition) is 3. The van der Waals surface area contributed by atoms with Crippen LogP contribution in [-0.2, 0) is 4.79 Å². The number of nitrogens with two attached hydrogens (primary N) is 1. The Kier molecular flexibility index (Phi) is 5.03. The lowest BCUT2D eigenvalue weighted by molar-refractivity contribution is -0.113. The molecular formula is C14H12BrFN2OS. The van der Waals surface area contributed by atoms with E-state index >= 15 is 0 Å². The van der Waals surface area contributed by atoms with Crippen LogP contribution in [-0.4, -0.2) is 11.7 Å². The molecule has 0 aliphatic heterocycles. The molecule has 0 heterocycles. The van der Waals surface area contributed by atoms with E-state index in [2.05, 4.69) is 21.2 Å². The zero-order valence-electron chi connectivity index (χ0n) is 10.4. The SMILES string of the molecule is Nc1cc(F)ccc1NC(=O)CSc1cccc(Br)c1. The molecule has 20 heavy (non-hydrogen) atoms. The maximum absolute atomic E-state index is 12.9. The van der Waals surface area contributed by atoms with E-state index in [-0.39, 0.29) is 17.3 Å². The summed E-state index contributed by atoms with van der Waals surface area (Å²) in [5, 5.41) is 2.66. The number of rotatable bonds is 4. The van der Waals surface area contributed by atoms with Crippen molar-refractivity contribution in [2.45, 2.75) is 4.90 Å². The lowest BCUT2D eigenvalue weighted by Crippen LogP contribution is -2.15. The van der Waals surface area contributed by atoms with Gasteiger partial charge < -0.3 is 11.1 Å². The highest BCUT2D eigenvalue weighted by atomic mass is 79.9. The van der Waals surface area contributed by atoms with Crippen molar-refractivity contribution in [3.05, 3.63) is 52.8 Å². The van der Waals surface area contributed by atoms with Crippen molar-refractivity contribution in [3.63, 3.8) is 0 Å². The molecule has 2 aromatic rings. The minimum absolute atomic E-state index is 0.187. The molecule has 6 heteroatoms. The summed E-state index contributed by atoms with van der Waals surface area (Å²) in [4.78, 5) is 12.8. The molecule has 104 valence electrons. The quantitative estimate of drug-likeness (QED) is 0.646. The van der Waals surface area contributed by atoms with Gasteiger partial charge in [0.1, 0.15) is 5.82 Å². The molecule has 3 N–H and O–H groups in total.